The van der Waals surface area contributed by atoms with E-state index in [-0.39, 0.29) is 0 Å². The van der Waals surface area contributed by atoms with E-state index in [0.29, 0.717) is 12.0 Å². The zero-order chi connectivity index (χ0) is 9.26. The monoisotopic (exact) mass is 178 g/mol. The predicted molar refractivity (Wildman–Crippen MR) is 52.1 cm³/mol. The van der Waals surface area contributed by atoms with Gasteiger partial charge in [-0.3, -0.25) is 0 Å². The minimum atomic E-state index is 0.324. The molecule has 0 aromatic rings. The van der Waals surface area contributed by atoms with E-state index in [1.54, 1.807) is 0 Å². The summed E-state index contributed by atoms with van der Waals surface area (Å²) in [5.41, 5.74) is 0. The Morgan fingerprint density at radius 3 is 2.62 bits per heavy atom. The first-order valence-corrected chi connectivity index (χ1v) is 5.43. The van der Waals surface area contributed by atoms with Crippen LogP contribution in [0.4, 0.5) is 0 Å². The number of likely N-dealkylation sites (tertiary alicyclic amines) is 1. The van der Waals surface area contributed by atoms with E-state index in [0.717, 1.165) is 5.92 Å². The minimum Gasteiger partial charge on any atom is -0.302 e. The topological polar surface area (TPSA) is 27.0 Å². The quantitative estimate of drug-likeness (QED) is 0.647. The van der Waals surface area contributed by atoms with Crippen molar-refractivity contribution in [3.8, 4) is 6.07 Å². The van der Waals surface area contributed by atoms with Gasteiger partial charge in [0.05, 0.1) is 12.0 Å². The third-order valence-corrected chi connectivity index (χ3v) is 3.52. The van der Waals surface area contributed by atoms with E-state index < -0.39 is 0 Å². The lowest BCUT2D eigenvalue weighted by atomic mass is 9.88. The van der Waals surface area contributed by atoms with Crippen molar-refractivity contribution < 1.29 is 0 Å². The summed E-state index contributed by atoms with van der Waals surface area (Å²) in [5, 5.41) is 9.13. The molecule has 0 amide bonds. The fraction of sp³-hybridized carbons (Fsp3) is 0.909. The fourth-order valence-corrected chi connectivity index (χ4v) is 2.52. The maximum absolute atomic E-state index is 9.13. The first-order chi connectivity index (χ1) is 6.33. The van der Waals surface area contributed by atoms with E-state index in [2.05, 4.69) is 18.0 Å². The summed E-state index contributed by atoms with van der Waals surface area (Å²) in [7, 11) is 2.18. The van der Waals surface area contributed by atoms with Crippen molar-refractivity contribution in [3.63, 3.8) is 0 Å². The molecule has 0 aromatic carbocycles. The smallest absolute Gasteiger partial charge is 0.0675 e. The Hall–Kier alpha value is -0.550. The minimum absolute atomic E-state index is 0.324. The average Bonchev–Trinajstić information content (AvgIpc) is 2.93. The van der Waals surface area contributed by atoms with Gasteiger partial charge in [-0.05, 0) is 45.2 Å². The molecule has 2 unspecified atom stereocenters. The molecule has 2 rings (SSSR count). The zero-order valence-corrected chi connectivity index (χ0v) is 8.37. The van der Waals surface area contributed by atoms with Gasteiger partial charge < -0.3 is 4.90 Å². The molecule has 1 aliphatic heterocycles. The van der Waals surface area contributed by atoms with Gasteiger partial charge in [0, 0.05) is 6.04 Å². The highest BCUT2D eigenvalue weighted by Gasteiger charge is 2.38. The van der Waals surface area contributed by atoms with Gasteiger partial charge in [-0.25, -0.2) is 0 Å². The molecule has 1 saturated carbocycles. The van der Waals surface area contributed by atoms with E-state index in [1.165, 1.54) is 38.6 Å². The van der Waals surface area contributed by atoms with Gasteiger partial charge in [-0.15, -0.1) is 0 Å². The van der Waals surface area contributed by atoms with Crippen LogP contribution < -0.4 is 0 Å². The van der Waals surface area contributed by atoms with Gasteiger partial charge in [-0.2, -0.15) is 5.26 Å². The number of hydrogen-bond donors (Lipinski definition) is 0. The normalized spacial score (nSPS) is 32.5. The molecule has 0 bridgehead atoms. The number of nitrogens with zero attached hydrogens (tertiary/aromatic N) is 2. The maximum atomic E-state index is 9.13. The van der Waals surface area contributed by atoms with Gasteiger partial charge >= 0.3 is 0 Å². The molecule has 0 aromatic heterocycles. The third-order valence-electron chi connectivity index (χ3n) is 3.52. The van der Waals surface area contributed by atoms with Crippen molar-refractivity contribution in [1.29, 1.82) is 5.26 Å². The molecule has 0 spiro atoms. The highest BCUT2D eigenvalue weighted by molar-refractivity contribution is 5.01. The summed E-state index contributed by atoms with van der Waals surface area (Å²) in [6.45, 7) is 1.19. The molecule has 2 fully saturated rings. The van der Waals surface area contributed by atoms with Crippen LogP contribution in [-0.2, 0) is 0 Å². The predicted octanol–water partition coefficient (Wildman–Crippen LogP) is 2.02. The second-order valence-corrected chi connectivity index (χ2v) is 4.54. The number of nitriles is 1. The van der Waals surface area contributed by atoms with Crippen molar-refractivity contribution in [1.82, 2.24) is 4.90 Å². The van der Waals surface area contributed by atoms with E-state index in [4.69, 9.17) is 5.26 Å². The number of hydrogen-bond acceptors (Lipinski definition) is 2. The van der Waals surface area contributed by atoms with Gasteiger partial charge in [0.1, 0.15) is 0 Å². The van der Waals surface area contributed by atoms with Crippen LogP contribution in [0.3, 0.4) is 0 Å². The second kappa shape index (κ2) is 3.67. The van der Waals surface area contributed by atoms with Gasteiger partial charge in [0.15, 0.2) is 0 Å². The van der Waals surface area contributed by atoms with E-state index >= 15 is 0 Å². The molecule has 2 atom stereocenters. The number of rotatable bonds is 2. The summed E-state index contributed by atoms with van der Waals surface area (Å²) in [4.78, 5) is 2.40. The van der Waals surface area contributed by atoms with Crippen molar-refractivity contribution >= 4 is 0 Å². The van der Waals surface area contributed by atoms with Gasteiger partial charge in [0.2, 0.25) is 0 Å². The van der Waals surface area contributed by atoms with E-state index in [9.17, 15) is 0 Å². The van der Waals surface area contributed by atoms with Crippen LogP contribution in [0.15, 0.2) is 0 Å². The molecule has 1 aliphatic carbocycles. The van der Waals surface area contributed by atoms with Gasteiger partial charge in [0.25, 0.3) is 0 Å². The highest BCUT2D eigenvalue weighted by Crippen LogP contribution is 2.41. The SMILES string of the molecule is CN1CCCCC1C(C#N)C1CC1. The van der Waals surface area contributed by atoms with Crippen molar-refractivity contribution in [3.05, 3.63) is 0 Å². The Labute approximate surface area is 80.5 Å². The largest absolute Gasteiger partial charge is 0.302 e. The molecule has 2 nitrogen and oxygen atoms in total. The van der Waals surface area contributed by atoms with Crippen LogP contribution in [0.1, 0.15) is 32.1 Å². The summed E-state index contributed by atoms with van der Waals surface area (Å²) < 4.78 is 0. The van der Waals surface area contributed by atoms with Crippen LogP contribution in [-0.4, -0.2) is 24.5 Å². The van der Waals surface area contributed by atoms with Crippen molar-refractivity contribution in [2.75, 3.05) is 13.6 Å². The lowest BCUT2D eigenvalue weighted by Gasteiger charge is -2.35. The summed E-state index contributed by atoms with van der Waals surface area (Å²) in [5.74, 6) is 1.06. The van der Waals surface area contributed by atoms with Crippen LogP contribution in [0.2, 0.25) is 0 Å². The first-order valence-electron chi connectivity index (χ1n) is 5.43. The molecule has 0 N–H and O–H groups in total. The van der Waals surface area contributed by atoms with Crippen LogP contribution in [0.25, 0.3) is 0 Å². The maximum Gasteiger partial charge on any atom is 0.0675 e. The lowest BCUT2D eigenvalue weighted by Crippen LogP contribution is -2.41. The molecule has 1 saturated heterocycles. The van der Waals surface area contributed by atoms with Crippen molar-refractivity contribution in [2.24, 2.45) is 11.8 Å². The van der Waals surface area contributed by atoms with Crippen LogP contribution in [0.5, 0.6) is 0 Å². The van der Waals surface area contributed by atoms with Gasteiger partial charge in [-0.1, -0.05) is 6.42 Å². The molecule has 72 valence electrons. The summed E-state index contributed by atoms with van der Waals surface area (Å²) >= 11 is 0. The zero-order valence-electron chi connectivity index (χ0n) is 8.37. The van der Waals surface area contributed by atoms with Crippen molar-refractivity contribution in [2.45, 2.75) is 38.1 Å². The third kappa shape index (κ3) is 1.86. The molecule has 2 heteroatoms. The average molecular weight is 178 g/mol. The Morgan fingerprint density at radius 2 is 2.08 bits per heavy atom. The Bertz CT molecular complexity index is 215. The number of piperidine rings is 1. The molecule has 0 radical (unpaired) electrons. The highest BCUT2D eigenvalue weighted by atomic mass is 15.1. The molecule has 13 heavy (non-hydrogen) atoms. The fourth-order valence-electron chi connectivity index (χ4n) is 2.52. The standard InChI is InChI=1S/C11H18N2/c1-13-7-3-2-4-11(13)10(8-12)9-5-6-9/h9-11H,2-7H2,1H3. The second-order valence-electron chi connectivity index (χ2n) is 4.54. The summed E-state index contributed by atoms with van der Waals surface area (Å²) in [6.07, 6.45) is 6.46. The van der Waals surface area contributed by atoms with Crippen LogP contribution >= 0.6 is 0 Å². The van der Waals surface area contributed by atoms with Crippen LogP contribution in [0, 0.1) is 23.2 Å². The molecular formula is C11H18N2. The molecule has 2 aliphatic rings. The Balaban J connectivity index is 1.99. The molecule has 1 heterocycles. The first kappa shape index (κ1) is 9.02. The Morgan fingerprint density at radius 1 is 1.31 bits per heavy atom. The summed E-state index contributed by atoms with van der Waals surface area (Å²) in [6, 6.07) is 3.08. The van der Waals surface area contributed by atoms with E-state index in [1.807, 2.05) is 0 Å². The lowest BCUT2D eigenvalue weighted by molar-refractivity contribution is 0.141. The molecular weight excluding hydrogens is 160 g/mol. The Kier molecular flexibility index (Phi) is 2.55.